The molecule has 1 aromatic carbocycles. The largest absolute Gasteiger partial charge is 0.347 e. The fourth-order valence-corrected chi connectivity index (χ4v) is 1.84. The van der Waals surface area contributed by atoms with E-state index in [-0.39, 0.29) is 17.5 Å². The Kier molecular flexibility index (Phi) is 6.40. The summed E-state index contributed by atoms with van der Waals surface area (Å²) in [5, 5.41) is 8.43. The first-order valence-electron chi connectivity index (χ1n) is 7.65. The summed E-state index contributed by atoms with van der Waals surface area (Å²) in [6.07, 6.45) is 0.916. The second-order valence-corrected chi connectivity index (χ2v) is 6.81. The lowest BCUT2D eigenvalue weighted by atomic mass is 10.1. The number of carbonyl (C=O) groups excluding carboxylic acids is 2. The first-order valence-corrected chi connectivity index (χ1v) is 7.65. The predicted molar refractivity (Wildman–Crippen MR) is 90.1 cm³/mol. The zero-order valence-electron chi connectivity index (χ0n) is 14.1. The predicted octanol–water partition coefficient (Wildman–Crippen LogP) is 3.38. The summed E-state index contributed by atoms with van der Waals surface area (Å²) in [5.74, 6) is 0.329. The number of nitrogens with one attached hydrogen (secondary N) is 3. The summed E-state index contributed by atoms with van der Waals surface area (Å²) in [6.45, 7) is 10.6. The van der Waals surface area contributed by atoms with Crippen LogP contribution >= 0.6 is 0 Å². The summed E-state index contributed by atoms with van der Waals surface area (Å²) in [7, 11) is 0. The molecule has 0 fully saturated rings. The Labute approximate surface area is 132 Å². The number of hydrogen-bond donors (Lipinski definition) is 3. The summed E-state index contributed by atoms with van der Waals surface area (Å²) >= 11 is 0. The molecule has 0 unspecified atom stereocenters. The van der Waals surface area contributed by atoms with Crippen LogP contribution in [0.1, 0.15) is 51.4 Å². The van der Waals surface area contributed by atoms with Gasteiger partial charge in [-0.05, 0) is 45.2 Å². The molecule has 0 radical (unpaired) electrons. The third kappa shape index (κ3) is 6.61. The highest BCUT2D eigenvalue weighted by molar-refractivity contribution is 6.03. The fourth-order valence-electron chi connectivity index (χ4n) is 1.84. The van der Waals surface area contributed by atoms with E-state index in [0.29, 0.717) is 23.7 Å². The Hall–Kier alpha value is -2.04. The summed E-state index contributed by atoms with van der Waals surface area (Å²) in [5.41, 5.74) is 0.631. The molecule has 1 rings (SSSR count). The molecule has 0 saturated heterocycles. The van der Waals surface area contributed by atoms with E-state index >= 15 is 0 Å². The highest BCUT2D eigenvalue weighted by Crippen LogP contribution is 2.16. The summed E-state index contributed by atoms with van der Waals surface area (Å²) in [6, 6.07) is 6.69. The van der Waals surface area contributed by atoms with Crippen molar-refractivity contribution in [3.8, 4) is 0 Å². The molecule has 3 amide bonds. The van der Waals surface area contributed by atoms with Gasteiger partial charge in [-0.1, -0.05) is 26.0 Å². The van der Waals surface area contributed by atoms with Crippen molar-refractivity contribution in [3.63, 3.8) is 0 Å². The van der Waals surface area contributed by atoms with Gasteiger partial charge in [0.1, 0.15) is 0 Å². The zero-order chi connectivity index (χ0) is 16.8. The number of hydrogen-bond acceptors (Lipinski definition) is 2. The minimum absolute atomic E-state index is 0.203. The molecule has 3 N–H and O–H groups in total. The van der Waals surface area contributed by atoms with Gasteiger partial charge in [0.25, 0.3) is 5.91 Å². The minimum atomic E-state index is -0.330. The highest BCUT2D eigenvalue weighted by atomic mass is 16.2. The van der Waals surface area contributed by atoms with E-state index in [1.807, 2.05) is 20.8 Å². The lowest BCUT2D eigenvalue weighted by Crippen LogP contribution is -2.41. The number of benzene rings is 1. The van der Waals surface area contributed by atoms with E-state index in [1.165, 1.54) is 0 Å². The number of carbonyl (C=O) groups is 2. The molecule has 5 heteroatoms. The maximum Gasteiger partial charge on any atom is 0.319 e. The number of para-hydroxylation sites is 1. The SMILES string of the molecule is CC(C)CCNC(=O)Nc1ccccc1C(=O)NC(C)(C)C. The average Bonchev–Trinajstić information content (AvgIpc) is 2.36. The van der Waals surface area contributed by atoms with E-state index in [9.17, 15) is 9.59 Å². The van der Waals surface area contributed by atoms with Crippen LogP contribution in [-0.2, 0) is 0 Å². The van der Waals surface area contributed by atoms with Crippen LogP contribution in [0, 0.1) is 5.92 Å². The molecule has 0 aliphatic carbocycles. The smallest absolute Gasteiger partial charge is 0.319 e. The van der Waals surface area contributed by atoms with Crippen molar-refractivity contribution >= 4 is 17.6 Å². The topological polar surface area (TPSA) is 70.2 Å². The van der Waals surface area contributed by atoms with Crippen molar-refractivity contribution in [2.24, 2.45) is 5.92 Å². The molecular formula is C17H27N3O2. The highest BCUT2D eigenvalue weighted by Gasteiger charge is 2.18. The lowest BCUT2D eigenvalue weighted by molar-refractivity contribution is 0.0920. The molecule has 0 atom stereocenters. The number of rotatable bonds is 5. The van der Waals surface area contributed by atoms with Gasteiger partial charge in [-0.15, -0.1) is 0 Å². The van der Waals surface area contributed by atoms with E-state index < -0.39 is 0 Å². The molecule has 22 heavy (non-hydrogen) atoms. The standard InChI is InChI=1S/C17H27N3O2/c1-12(2)10-11-18-16(22)19-14-9-7-6-8-13(14)15(21)20-17(3,4)5/h6-9,12H,10-11H2,1-5H3,(H,20,21)(H2,18,19,22). The molecular weight excluding hydrogens is 278 g/mol. The van der Waals surface area contributed by atoms with E-state index in [1.54, 1.807) is 24.3 Å². The Balaban J connectivity index is 2.71. The van der Waals surface area contributed by atoms with Gasteiger partial charge in [-0.25, -0.2) is 4.79 Å². The van der Waals surface area contributed by atoms with Gasteiger partial charge < -0.3 is 16.0 Å². The Morgan fingerprint density at radius 2 is 1.77 bits per heavy atom. The van der Waals surface area contributed by atoms with Crippen molar-refractivity contribution in [3.05, 3.63) is 29.8 Å². The maximum absolute atomic E-state index is 12.3. The van der Waals surface area contributed by atoms with Crippen LogP contribution in [0.15, 0.2) is 24.3 Å². The van der Waals surface area contributed by atoms with E-state index in [0.717, 1.165) is 6.42 Å². The number of anilines is 1. The fraction of sp³-hybridized carbons (Fsp3) is 0.529. The molecule has 0 aliphatic rings. The lowest BCUT2D eigenvalue weighted by Gasteiger charge is -2.21. The Morgan fingerprint density at radius 1 is 1.14 bits per heavy atom. The maximum atomic E-state index is 12.3. The van der Waals surface area contributed by atoms with Crippen molar-refractivity contribution in [2.75, 3.05) is 11.9 Å². The molecule has 0 aliphatic heterocycles. The van der Waals surface area contributed by atoms with Crippen LogP contribution in [0.5, 0.6) is 0 Å². The van der Waals surface area contributed by atoms with Crippen LogP contribution in [0.3, 0.4) is 0 Å². The van der Waals surface area contributed by atoms with Gasteiger partial charge in [0.15, 0.2) is 0 Å². The van der Waals surface area contributed by atoms with Gasteiger partial charge in [-0.2, -0.15) is 0 Å². The van der Waals surface area contributed by atoms with Crippen molar-refractivity contribution in [1.82, 2.24) is 10.6 Å². The Morgan fingerprint density at radius 3 is 2.36 bits per heavy atom. The van der Waals surface area contributed by atoms with Crippen molar-refractivity contribution in [1.29, 1.82) is 0 Å². The quantitative estimate of drug-likeness (QED) is 0.780. The summed E-state index contributed by atoms with van der Waals surface area (Å²) in [4.78, 5) is 24.2. The molecule has 0 bridgehead atoms. The normalized spacial score (nSPS) is 11.2. The third-order valence-corrected chi connectivity index (χ3v) is 2.92. The van der Waals surface area contributed by atoms with Crippen LogP contribution in [0.25, 0.3) is 0 Å². The van der Waals surface area contributed by atoms with Crippen LogP contribution in [0.2, 0.25) is 0 Å². The zero-order valence-corrected chi connectivity index (χ0v) is 14.1. The third-order valence-electron chi connectivity index (χ3n) is 2.92. The summed E-state index contributed by atoms with van der Waals surface area (Å²) < 4.78 is 0. The second-order valence-electron chi connectivity index (χ2n) is 6.81. The van der Waals surface area contributed by atoms with Gasteiger partial charge in [0.05, 0.1) is 11.3 Å². The first-order chi connectivity index (χ1) is 10.2. The van der Waals surface area contributed by atoms with Crippen molar-refractivity contribution in [2.45, 2.75) is 46.6 Å². The second kappa shape index (κ2) is 7.82. The van der Waals surface area contributed by atoms with E-state index in [4.69, 9.17) is 0 Å². The molecule has 0 spiro atoms. The first kappa shape index (κ1) is 18.0. The molecule has 1 aromatic rings. The molecule has 122 valence electrons. The van der Waals surface area contributed by atoms with E-state index in [2.05, 4.69) is 29.8 Å². The van der Waals surface area contributed by atoms with Gasteiger partial charge >= 0.3 is 6.03 Å². The van der Waals surface area contributed by atoms with Crippen LogP contribution in [-0.4, -0.2) is 24.0 Å². The molecule has 0 aromatic heterocycles. The number of urea groups is 1. The Bertz CT molecular complexity index is 519. The van der Waals surface area contributed by atoms with Crippen LogP contribution in [0.4, 0.5) is 10.5 Å². The number of amides is 3. The average molecular weight is 305 g/mol. The van der Waals surface area contributed by atoms with Gasteiger partial charge in [-0.3, -0.25) is 4.79 Å². The van der Waals surface area contributed by atoms with Gasteiger partial charge in [0, 0.05) is 12.1 Å². The van der Waals surface area contributed by atoms with Crippen molar-refractivity contribution < 1.29 is 9.59 Å². The van der Waals surface area contributed by atoms with Gasteiger partial charge in [0.2, 0.25) is 0 Å². The monoisotopic (exact) mass is 305 g/mol. The van der Waals surface area contributed by atoms with Crippen LogP contribution < -0.4 is 16.0 Å². The molecule has 5 nitrogen and oxygen atoms in total. The molecule has 0 saturated carbocycles. The molecule has 0 heterocycles. The minimum Gasteiger partial charge on any atom is -0.347 e.